The summed E-state index contributed by atoms with van der Waals surface area (Å²) >= 11 is 0. The lowest BCUT2D eigenvalue weighted by molar-refractivity contribution is -0.131. The number of rotatable bonds is 9. The molecule has 156 valence electrons. The first-order valence-electron chi connectivity index (χ1n) is 10.2. The van der Waals surface area contributed by atoms with Crippen LogP contribution < -0.4 is 14.8 Å². The lowest BCUT2D eigenvalue weighted by atomic mass is 9.87. The van der Waals surface area contributed by atoms with Crippen molar-refractivity contribution in [2.45, 2.75) is 46.0 Å². The van der Waals surface area contributed by atoms with Crippen molar-refractivity contribution in [1.82, 2.24) is 10.2 Å². The number of nitrogens with zero attached hydrogens (tertiary/aromatic N) is 1. The Balaban J connectivity index is 2.31. The van der Waals surface area contributed by atoms with Gasteiger partial charge < -0.3 is 19.7 Å². The normalized spacial score (nSPS) is 19.0. The number of unbranched alkanes of at least 4 members (excludes halogenated alkanes) is 1. The molecule has 0 saturated carbocycles. The molecule has 6 nitrogen and oxygen atoms in total. The van der Waals surface area contributed by atoms with E-state index in [0.717, 1.165) is 18.4 Å². The van der Waals surface area contributed by atoms with Crippen LogP contribution in [0.3, 0.4) is 0 Å². The molecule has 2 amide bonds. The third kappa shape index (κ3) is 5.18. The Labute approximate surface area is 168 Å². The van der Waals surface area contributed by atoms with Crippen LogP contribution in [0.2, 0.25) is 0 Å². The number of hydrogen-bond acceptors (Lipinski definition) is 4. The topological polar surface area (TPSA) is 67.9 Å². The van der Waals surface area contributed by atoms with Gasteiger partial charge in [0.1, 0.15) is 0 Å². The van der Waals surface area contributed by atoms with Crippen molar-refractivity contribution in [3.05, 3.63) is 23.8 Å². The number of methoxy groups -OCH3 is 2. The summed E-state index contributed by atoms with van der Waals surface area (Å²) in [6.07, 6.45) is 2.46. The smallest absolute Gasteiger partial charge is 0.225 e. The molecule has 1 aromatic rings. The lowest BCUT2D eigenvalue weighted by Gasteiger charge is -2.21. The van der Waals surface area contributed by atoms with Crippen LogP contribution in [-0.2, 0) is 9.59 Å². The zero-order valence-corrected chi connectivity index (χ0v) is 17.8. The minimum atomic E-state index is -0.297. The van der Waals surface area contributed by atoms with Crippen molar-refractivity contribution in [2.24, 2.45) is 11.8 Å². The van der Waals surface area contributed by atoms with Crippen LogP contribution in [0.1, 0.15) is 51.5 Å². The van der Waals surface area contributed by atoms with Gasteiger partial charge in [-0.3, -0.25) is 9.59 Å². The van der Waals surface area contributed by atoms with E-state index in [-0.39, 0.29) is 29.6 Å². The van der Waals surface area contributed by atoms with Gasteiger partial charge in [0.15, 0.2) is 11.5 Å². The highest BCUT2D eigenvalue weighted by molar-refractivity contribution is 5.83. The first-order valence-corrected chi connectivity index (χ1v) is 10.2. The Kier molecular flexibility index (Phi) is 8.15. The summed E-state index contributed by atoms with van der Waals surface area (Å²) in [5.41, 5.74) is 0.914. The van der Waals surface area contributed by atoms with Crippen molar-refractivity contribution < 1.29 is 19.1 Å². The molecule has 0 bridgehead atoms. The average molecular weight is 391 g/mol. The van der Waals surface area contributed by atoms with Gasteiger partial charge >= 0.3 is 0 Å². The summed E-state index contributed by atoms with van der Waals surface area (Å²) in [6, 6.07) is 5.71. The fourth-order valence-corrected chi connectivity index (χ4v) is 3.79. The van der Waals surface area contributed by atoms with Gasteiger partial charge in [0.05, 0.1) is 20.1 Å². The quantitative estimate of drug-likeness (QED) is 0.658. The molecule has 1 aromatic carbocycles. The lowest BCUT2D eigenvalue weighted by Crippen LogP contribution is -2.36. The molecule has 0 radical (unpaired) electrons. The number of nitrogens with one attached hydrogen (secondary N) is 1. The summed E-state index contributed by atoms with van der Waals surface area (Å²) < 4.78 is 11.0. The van der Waals surface area contributed by atoms with Crippen molar-refractivity contribution in [3.8, 4) is 11.5 Å². The molecule has 28 heavy (non-hydrogen) atoms. The maximum atomic E-state index is 12.9. The third-order valence-corrected chi connectivity index (χ3v) is 5.25. The predicted molar refractivity (Wildman–Crippen MR) is 110 cm³/mol. The molecular weight excluding hydrogens is 356 g/mol. The maximum Gasteiger partial charge on any atom is 0.225 e. The molecule has 1 fully saturated rings. The summed E-state index contributed by atoms with van der Waals surface area (Å²) in [5.74, 6) is 1.25. The predicted octanol–water partition coefficient (Wildman–Crippen LogP) is 3.21. The number of likely N-dealkylation sites (tertiary alicyclic amines) is 1. The summed E-state index contributed by atoms with van der Waals surface area (Å²) in [5, 5.41) is 3.04. The standard InChI is InChI=1S/C22H34N2O4/c1-6-7-11-23-22(26)18-14-24(20(25)12-15(2)3)13-17(18)16-9-8-10-19(27-4)21(16)28-5/h8-10,15,17-18H,6-7,11-14H2,1-5H3,(H,23,26)/t17-,18+/m0/s1. The van der Waals surface area contributed by atoms with E-state index < -0.39 is 0 Å². The van der Waals surface area contributed by atoms with E-state index in [1.807, 2.05) is 36.9 Å². The maximum absolute atomic E-state index is 12.9. The second-order valence-corrected chi connectivity index (χ2v) is 7.84. The highest BCUT2D eigenvalue weighted by atomic mass is 16.5. The van der Waals surface area contributed by atoms with Gasteiger partial charge in [-0.15, -0.1) is 0 Å². The van der Waals surface area contributed by atoms with E-state index >= 15 is 0 Å². The van der Waals surface area contributed by atoms with Crippen molar-refractivity contribution in [1.29, 1.82) is 0 Å². The van der Waals surface area contributed by atoms with Crippen LogP contribution in [0.5, 0.6) is 11.5 Å². The largest absolute Gasteiger partial charge is 0.493 e. The van der Waals surface area contributed by atoms with Crippen molar-refractivity contribution >= 4 is 11.8 Å². The van der Waals surface area contributed by atoms with E-state index in [4.69, 9.17) is 9.47 Å². The molecule has 0 aliphatic carbocycles. The van der Waals surface area contributed by atoms with E-state index in [1.165, 1.54) is 0 Å². The monoisotopic (exact) mass is 390 g/mol. The number of hydrogen-bond donors (Lipinski definition) is 1. The van der Waals surface area contributed by atoms with E-state index in [1.54, 1.807) is 14.2 Å². The number of benzene rings is 1. The van der Waals surface area contributed by atoms with Gasteiger partial charge in [-0.25, -0.2) is 0 Å². The van der Waals surface area contributed by atoms with Crippen LogP contribution in [0.15, 0.2) is 18.2 Å². The number of carbonyl (C=O) groups excluding carboxylic acids is 2. The summed E-state index contributed by atoms with van der Waals surface area (Å²) in [6.45, 7) is 7.78. The molecule has 1 aliphatic heterocycles. The second kappa shape index (κ2) is 10.3. The van der Waals surface area contributed by atoms with Crippen LogP contribution in [0.25, 0.3) is 0 Å². The van der Waals surface area contributed by atoms with Gasteiger partial charge in [0.2, 0.25) is 11.8 Å². The third-order valence-electron chi connectivity index (χ3n) is 5.25. The molecule has 1 N–H and O–H groups in total. The Morgan fingerprint density at radius 2 is 1.96 bits per heavy atom. The van der Waals surface area contributed by atoms with E-state index in [9.17, 15) is 9.59 Å². The molecule has 2 rings (SSSR count). The van der Waals surface area contributed by atoms with Gasteiger partial charge in [-0.2, -0.15) is 0 Å². The number of carbonyl (C=O) groups is 2. The van der Waals surface area contributed by atoms with Crippen LogP contribution in [0, 0.1) is 11.8 Å². The number of amides is 2. The zero-order chi connectivity index (χ0) is 20.7. The van der Waals surface area contributed by atoms with E-state index in [0.29, 0.717) is 37.6 Å². The molecule has 0 aromatic heterocycles. The summed E-state index contributed by atoms with van der Waals surface area (Å²) in [4.78, 5) is 27.4. The Hall–Kier alpha value is -2.24. The molecule has 1 saturated heterocycles. The van der Waals surface area contributed by atoms with Crippen molar-refractivity contribution in [2.75, 3.05) is 33.9 Å². The fraction of sp³-hybridized carbons (Fsp3) is 0.636. The minimum Gasteiger partial charge on any atom is -0.493 e. The van der Waals surface area contributed by atoms with Crippen LogP contribution in [0.4, 0.5) is 0 Å². The molecular formula is C22H34N2O4. The molecule has 6 heteroatoms. The first kappa shape index (κ1) is 22.1. The zero-order valence-electron chi connectivity index (χ0n) is 17.8. The second-order valence-electron chi connectivity index (χ2n) is 7.84. The van der Waals surface area contributed by atoms with Gasteiger partial charge in [-0.1, -0.05) is 39.3 Å². The SMILES string of the molecule is CCCCNC(=O)[C@@H]1CN(C(=O)CC(C)C)C[C@H]1c1cccc(OC)c1OC. The van der Waals surface area contributed by atoms with Crippen molar-refractivity contribution in [3.63, 3.8) is 0 Å². The van der Waals surface area contributed by atoms with E-state index in [2.05, 4.69) is 12.2 Å². The summed E-state index contributed by atoms with van der Waals surface area (Å²) in [7, 11) is 3.21. The highest BCUT2D eigenvalue weighted by Gasteiger charge is 2.41. The first-order chi connectivity index (χ1) is 13.4. The van der Waals surface area contributed by atoms with Gasteiger partial charge in [-0.05, 0) is 18.4 Å². The molecule has 1 aliphatic rings. The minimum absolute atomic E-state index is 0.00294. The molecule has 0 unspecified atom stereocenters. The number of ether oxygens (including phenoxy) is 2. The van der Waals surface area contributed by atoms with Gasteiger partial charge in [0.25, 0.3) is 0 Å². The van der Waals surface area contributed by atoms with Crippen LogP contribution >= 0.6 is 0 Å². The Bertz CT molecular complexity index is 675. The number of para-hydroxylation sites is 1. The fourth-order valence-electron chi connectivity index (χ4n) is 3.79. The average Bonchev–Trinajstić information content (AvgIpc) is 3.12. The highest BCUT2D eigenvalue weighted by Crippen LogP contribution is 2.42. The Morgan fingerprint density at radius 3 is 2.57 bits per heavy atom. The molecule has 2 atom stereocenters. The Morgan fingerprint density at radius 1 is 1.21 bits per heavy atom. The van der Waals surface area contributed by atoms with Gasteiger partial charge in [0, 0.05) is 37.5 Å². The van der Waals surface area contributed by atoms with Crippen LogP contribution in [-0.4, -0.2) is 50.6 Å². The molecule has 1 heterocycles. The molecule has 0 spiro atoms.